The summed E-state index contributed by atoms with van der Waals surface area (Å²) in [4.78, 5) is 27.6. The van der Waals surface area contributed by atoms with Gasteiger partial charge in [-0.2, -0.15) is 0 Å². The zero-order valence-corrected chi connectivity index (χ0v) is 18.9. The monoisotopic (exact) mass is 439 g/mol. The van der Waals surface area contributed by atoms with Crippen LogP contribution in [0.4, 0.5) is 0 Å². The van der Waals surface area contributed by atoms with Crippen molar-refractivity contribution in [2.75, 3.05) is 34.0 Å². The number of benzene rings is 2. The molecule has 1 saturated heterocycles. The van der Waals surface area contributed by atoms with Crippen molar-refractivity contribution in [3.05, 3.63) is 64.7 Å². The molecule has 1 heterocycles. The fourth-order valence-electron chi connectivity index (χ4n) is 3.98. The van der Waals surface area contributed by atoms with Crippen LogP contribution in [-0.4, -0.2) is 55.7 Å². The molecular formula is C25H29NO6. The van der Waals surface area contributed by atoms with Crippen LogP contribution < -0.4 is 9.47 Å². The Hall–Kier alpha value is -3.32. The molecule has 7 nitrogen and oxygen atoms in total. The van der Waals surface area contributed by atoms with Crippen LogP contribution in [0.15, 0.2) is 48.0 Å². The van der Waals surface area contributed by atoms with E-state index >= 15 is 0 Å². The number of methoxy groups -OCH3 is 2. The van der Waals surface area contributed by atoms with E-state index in [0.29, 0.717) is 48.8 Å². The van der Waals surface area contributed by atoms with E-state index in [1.54, 1.807) is 38.5 Å². The second kappa shape index (κ2) is 10.3. The largest absolute Gasteiger partial charge is 0.507 e. The number of hydrogen-bond donors (Lipinski definition) is 1. The summed E-state index contributed by atoms with van der Waals surface area (Å²) in [5.74, 6) is -0.376. The highest BCUT2D eigenvalue weighted by Crippen LogP contribution is 2.43. The van der Waals surface area contributed by atoms with Gasteiger partial charge in [0.1, 0.15) is 17.3 Å². The van der Waals surface area contributed by atoms with Crippen LogP contribution in [0.3, 0.4) is 0 Å². The normalized spacial score (nSPS) is 17.6. The molecule has 1 aliphatic heterocycles. The van der Waals surface area contributed by atoms with E-state index in [1.807, 2.05) is 32.0 Å². The standard InChI is InChI=1S/C25H29NO6/c1-5-32-20-10-7-6-9-19(20)22-21(24(28)25(29)26(22)13-8-14-30-3)23(27)18-12-11-17(31-4)15-16(18)2/h6-7,9-12,15,22,27H,5,8,13-14H2,1-4H3/b23-21+. The lowest BCUT2D eigenvalue weighted by molar-refractivity contribution is -0.140. The Bertz CT molecular complexity index is 1030. The molecule has 1 fully saturated rings. The van der Waals surface area contributed by atoms with Crippen molar-refractivity contribution in [2.24, 2.45) is 0 Å². The molecule has 7 heteroatoms. The number of aliphatic hydroxyl groups is 1. The third-order valence-corrected chi connectivity index (χ3v) is 5.49. The van der Waals surface area contributed by atoms with Crippen LogP contribution in [0.1, 0.15) is 36.1 Å². The summed E-state index contributed by atoms with van der Waals surface area (Å²) in [6, 6.07) is 11.7. The number of Topliss-reactive ketones (excluding diaryl/α,β-unsaturated/α-hetero) is 1. The van der Waals surface area contributed by atoms with Crippen LogP contribution in [0.2, 0.25) is 0 Å². The molecule has 1 amide bonds. The summed E-state index contributed by atoms with van der Waals surface area (Å²) in [6.45, 7) is 4.86. The fourth-order valence-corrected chi connectivity index (χ4v) is 3.98. The predicted molar refractivity (Wildman–Crippen MR) is 121 cm³/mol. The van der Waals surface area contributed by atoms with E-state index in [1.165, 1.54) is 4.90 Å². The van der Waals surface area contributed by atoms with Crippen LogP contribution in [0.25, 0.3) is 5.76 Å². The van der Waals surface area contributed by atoms with Crippen molar-refractivity contribution in [2.45, 2.75) is 26.3 Å². The van der Waals surface area contributed by atoms with Crippen molar-refractivity contribution < 1.29 is 28.9 Å². The molecule has 32 heavy (non-hydrogen) atoms. The lowest BCUT2D eigenvalue weighted by Crippen LogP contribution is -2.31. The van der Waals surface area contributed by atoms with Gasteiger partial charge in [-0.3, -0.25) is 9.59 Å². The van der Waals surface area contributed by atoms with Crippen molar-refractivity contribution in [1.29, 1.82) is 0 Å². The van der Waals surface area contributed by atoms with E-state index in [9.17, 15) is 14.7 Å². The number of likely N-dealkylation sites (tertiary alicyclic amines) is 1. The Morgan fingerprint density at radius 1 is 1.12 bits per heavy atom. The number of carbonyl (C=O) groups excluding carboxylic acids is 2. The molecule has 1 aliphatic rings. The second-order valence-electron chi connectivity index (χ2n) is 7.49. The van der Waals surface area contributed by atoms with Gasteiger partial charge in [-0.25, -0.2) is 0 Å². The lowest BCUT2D eigenvalue weighted by atomic mass is 9.93. The van der Waals surface area contributed by atoms with Gasteiger partial charge in [0, 0.05) is 31.4 Å². The molecular weight excluding hydrogens is 410 g/mol. The average Bonchev–Trinajstić information content (AvgIpc) is 3.04. The zero-order valence-electron chi connectivity index (χ0n) is 18.9. The molecule has 2 aromatic carbocycles. The first-order valence-electron chi connectivity index (χ1n) is 10.6. The SMILES string of the molecule is CCOc1ccccc1C1/C(=C(\O)c2ccc(OC)cc2C)C(=O)C(=O)N1CCCOC. The van der Waals surface area contributed by atoms with Crippen molar-refractivity contribution >= 4 is 17.4 Å². The number of aliphatic hydroxyl groups excluding tert-OH is 1. The molecule has 3 rings (SSSR count). The predicted octanol–water partition coefficient (Wildman–Crippen LogP) is 3.86. The molecule has 1 N–H and O–H groups in total. The maximum atomic E-state index is 13.1. The Balaban J connectivity index is 2.19. The number of carbonyl (C=O) groups is 2. The van der Waals surface area contributed by atoms with Gasteiger partial charge in [0.2, 0.25) is 0 Å². The van der Waals surface area contributed by atoms with Crippen LogP contribution in [0.5, 0.6) is 11.5 Å². The van der Waals surface area contributed by atoms with Crippen molar-refractivity contribution in [3.8, 4) is 11.5 Å². The van der Waals surface area contributed by atoms with E-state index < -0.39 is 17.7 Å². The Morgan fingerprint density at radius 2 is 1.88 bits per heavy atom. The number of ketones is 1. The van der Waals surface area contributed by atoms with E-state index in [0.717, 1.165) is 5.56 Å². The maximum absolute atomic E-state index is 13.1. The van der Waals surface area contributed by atoms with Crippen molar-refractivity contribution in [3.63, 3.8) is 0 Å². The van der Waals surface area contributed by atoms with Gasteiger partial charge in [-0.1, -0.05) is 18.2 Å². The summed E-state index contributed by atoms with van der Waals surface area (Å²) in [7, 11) is 3.15. The molecule has 0 spiro atoms. The first kappa shape index (κ1) is 23.3. The Morgan fingerprint density at radius 3 is 2.53 bits per heavy atom. The summed E-state index contributed by atoms with van der Waals surface area (Å²) in [6.07, 6.45) is 0.554. The quantitative estimate of drug-likeness (QED) is 0.276. The smallest absolute Gasteiger partial charge is 0.295 e. The summed E-state index contributed by atoms with van der Waals surface area (Å²) < 4.78 is 16.2. The second-order valence-corrected chi connectivity index (χ2v) is 7.49. The van der Waals surface area contributed by atoms with Gasteiger partial charge >= 0.3 is 0 Å². The molecule has 1 atom stereocenters. The van der Waals surface area contributed by atoms with Crippen LogP contribution >= 0.6 is 0 Å². The van der Waals surface area contributed by atoms with Gasteiger partial charge in [0.05, 0.1) is 25.3 Å². The van der Waals surface area contributed by atoms with Crippen LogP contribution in [0, 0.1) is 6.92 Å². The highest BCUT2D eigenvalue weighted by Gasteiger charge is 2.46. The molecule has 1 unspecified atom stereocenters. The summed E-state index contributed by atoms with van der Waals surface area (Å²) in [5, 5.41) is 11.3. The Kier molecular flexibility index (Phi) is 7.53. The third-order valence-electron chi connectivity index (χ3n) is 5.49. The number of amides is 1. The van der Waals surface area contributed by atoms with Gasteiger partial charge < -0.3 is 24.2 Å². The van der Waals surface area contributed by atoms with Crippen LogP contribution in [-0.2, 0) is 14.3 Å². The maximum Gasteiger partial charge on any atom is 0.295 e. The Labute approximate surface area is 188 Å². The lowest BCUT2D eigenvalue weighted by Gasteiger charge is -2.27. The number of nitrogens with zero attached hydrogens (tertiary/aromatic N) is 1. The number of para-hydroxylation sites is 1. The topological polar surface area (TPSA) is 85.3 Å². The molecule has 0 bridgehead atoms. The minimum absolute atomic E-state index is 0.0489. The fraction of sp³-hybridized carbons (Fsp3) is 0.360. The summed E-state index contributed by atoms with van der Waals surface area (Å²) >= 11 is 0. The first-order valence-corrected chi connectivity index (χ1v) is 10.6. The van der Waals surface area contributed by atoms with Gasteiger partial charge in [-0.15, -0.1) is 0 Å². The molecule has 170 valence electrons. The number of ether oxygens (including phenoxy) is 3. The van der Waals surface area contributed by atoms with Gasteiger partial charge in [0.25, 0.3) is 11.7 Å². The third kappa shape index (κ3) is 4.48. The molecule has 0 aliphatic carbocycles. The zero-order chi connectivity index (χ0) is 23.3. The van der Waals surface area contributed by atoms with Crippen molar-refractivity contribution in [1.82, 2.24) is 4.90 Å². The van der Waals surface area contributed by atoms with E-state index in [4.69, 9.17) is 14.2 Å². The minimum atomic E-state index is -0.767. The number of aryl methyl sites for hydroxylation is 1. The minimum Gasteiger partial charge on any atom is -0.507 e. The number of hydrogen-bond acceptors (Lipinski definition) is 6. The number of rotatable bonds is 9. The highest BCUT2D eigenvalue weighted by molar-refractivity contribution is 6.46. The van der Waals surface area contributed by atoms with Gasteiger partial charge in [0.15, 0.2) is 0 Å². The highest BCUT2D eigenvalue weighted by atomic mass is 16.5. The first-order chi connectivity index (χ1) is 15.4. The average molecular weight is 440 g/mol. The molecule has 0 saturated carbocycles. The van der Waals surface area contributed by atoms with E-state index in [-0.39, 0.29) is 11.3 Å². The molecule has 0 aromatic heterocycles. The molecule has 2 aromatic rings. The molecule has 0 radical (unpaired) electrons. The summed E-state index contributed by atoms with van der Waals surface area (Å²) in [5.41, 5.74) is 1.90. The van der Waals surface area contributed by atoms with Gasteiger partial charge in [-0.05, 0) is 50.1 Å². The van der Waals surface area contributed by atoms with E-state index in [2.05, 4.69) is 0 Å².